The maximum atomic E-state index is 12.6. The van der Waals surface area contributed by atoms with Crippen molar-refractivity contribution in [1.82, 2.24) is 19.4 Å². The van der Waals surface area contributed by atoms with Crippen LogP contribution in [-0.2, 0) is 4.79 Å². The monoisotopic (exact) mass is 600 g/mol. The average molecular weight is 601 g/mol. The van der Waals surface area contributed by atoms with Gasteiger partial charge < -0.3 is 24.8 Å². The van der Waals surface area contributed by atoms with E-state index in [2.05, 4.69) is 61.0 Å². The molecule has 2 aromatic carbocycles. The third-order valence-electron chi connectivity index (χ3n) is 9.77. The van der Waals surface area contributed by atoms with Crippen molar-refractivity contribution in [2.45, 2.75) is 37.8 Å². The lowest BCUT2D eigenvalue weighted by Crippen LogP contribution is -2.30. The molecule has 45 heavy (non-hydrogen) atoms. The number of fused-ring (bicyclic) bond motifs is 2. The number of carbonyl (C=O) groups excluding carboxylic acids is 1. The number of anilines is 4. The molecule has 0 radical (unpaired) electrons. The fourth-order valence-electron chi connectivity index (χ4n) is 7.24. The first-order valence-corrected chi connectivity index (χ1v) is 15.8. The number of carbonyl (C=O) groups is 1. The SMILES string of the molecule is C=CC(=O)Nc1cc(Nc2ncc(C#N)c(-c3cn(C4CC4)c4ccccc34)n2)c(OC)cc1N1C[C@@H]2CN(C3CC3)C[C@@H]2C1. The first-order chi connectivity index (χ1) is 22.0. The fraction of sp³-hybridized carbons (Fsp3) is 0.371. The molecule has 4 aliphatic rings. The highest BCUT2D eigenvalue weighted by Crippen LogP contribution is 2.45. The summed E-state index contributed by atoms with van der Waals surface area (Å²) in [6.45, 7) is 7.84. The van der Waals surface area contributed by atoms with Gasteiger partial charge in [0.2, 0.25) is 11.9 Å². The zero-order chi connectivity index (χ0) is 30.7. The van der Waals surface area contributed by atoms with Crippen molar-refractivity contribution >= 4 is 39.8 Å². The summed E-state index contributed by atoms with van der Waals surface area (Å²) in [5.74, 6) is 1.89. The van der Waals surface area contributed by atoms with Crippen LogP contribution in [0.1, 0.15) is 37.3 Å². The Morgan fingerprint density at radius 2 is 1.82 bits per heavy atom. The van der Waals surface area contributed by atoms with Gasteiger partial charge in [0.25, 0.3) is 0 Å². The number of amides is 1. The molecule has 2 saturated heterocycles. The smallest absolute Gasteiger partial charge is 0.247 e. The Morgan fingerprint density at radius 3 is 2.51 bits per heavy atom. The minimum Gasteiger partial charge on any atom is -0.494 e. The maximum Gasteiger partial charge on any atom is 0.247 e. The number of methoxy groups -OCH3 is 1. The molecule has 4 fully saturated rings. The first kappa shape index (κ1) is 27.7. The van der Waals surface area contributed by atoms with Crippen molar-refractivity contribution < 1.29 is 9.53 Å². The Hall–Kier alpha value is -4.88. The van der Waals surface area contributed by atoms with Crippen LogP contribution in [0.25, 0.3) is 22.2 Å². The highest BCUT2D eigenvalue weighted by Gasteiger charge is 2.44. The molecule has 0 bridgehead atoms. The molecule has 2 atom stereocenters. The van der Waals surface area contributed by atoms with Gasteiger partial charge in [-0.25, -0.2) is 9.97 Å². The van der Waals surface area contributed by atoms with E-state index in [4.69, 9.17) is 9.72 Å². The van der Waals surface area contributed by atoms with Gasteiger partial charge >= 0.3 is 0 Å². The van der Waals surface area contributed by atoms with Crippen molar-refractivity contribution in [1.29, 1.82) is 5.26 Å². The van der Waals surface area contributed by atoms with Crippen LogP contribution in [0.3, 0.4) is 0 Å². The van der Waals surface area contributed by atoms with E-state index in [0.29, 0.717) is 52.2 Å². The minimum atomic E-state index is -0.282. The summed E-state index contributed by atoms with van der Waals surface area (Å²) >= 11 is 0. The summed E-state index contributed by atoms with van der Waals surface area (Å²) < 4.78 is 8.17. The number of aromatic nitrogens is 3. The Balaban J connectivity index is 1.13. The minimum absolute atomic E-state index is 0.282. The number of hydrogen-bond donors (Lipinski definition) is 2. The van der Waals surface area contributed by atoms with Crippen LogP contribution >= 0.6 is 0 Å². The molecule has 4 aromatic rings. The summed E-state index contributed by atoms with van der Waals surface area (Å²) in [6.07, 6.45) is 9.92. The van der Waals surface area contributed by atoms with Crippen LogP contribution in [0.2, 0.25) is 0 Å². The van der Waals surface area contributed by atoms with Crippen molar-refractivity contribution in [2.75, 3.05) is 48.8 Å². The van der Waals surface area contributed by atoms with Gasteiger partial charge in [-0.05, 0) is 55.7 Å². The predicted octanol–water partition coefficient (Wildman–Crippen LogP) is 5.71. The normalized spacial score (nSPS) is 21.0. The number of hydrogen-bond acceptors (Lipinski definition) is 8. The fourth-order valence-corrected chi connectivity index (χ4v) is 7.24. The van der Waals surface area contributed by atoms with Crippen molar-refractivity contribution in [3.05, 3.63) is 67.0 Å². The number of likely N-dealkylation sites (tertiary alicyclic amines) is 1. The van der Waals surface area contributed by atoms with Crippen LogP contribution in [-0.4, -0.2) is 64.7 Å². The molecule has 2 saturated carbocycles. The van der Waals surface area contributed by atoms with Crippen LogP contribution in [0.5, 0.6) is 5.75 Å². The Bertz CT molecular complexity index is 1850. The molecule has 0 spiro atoms. The predicted molar refractivity (Wildman–Crippen MR) is 175 cm³/mol. The lowest BCUT2D eigenvalue weighted by atomic mass is 10.0. The lowest BCUT2D eigenvalue weighted by Gasteiger charge is -2.26. The second-order valence-corrected chi connectivity index (χ2v) is 12.8. The summed E-state index contributed by atoms with van der Waals surface area (Å²) in [6, 6.07) is 15.6. The van der Waals surface area contributed by atoms with Gasteiger partial charge in [-0.3, -0.25) is 9.69 Å². The topological polar surface area (TPSA) is 111 Å². The van der Waals surface area contributed by atoms with Crippen LogP contribution in [0.15, 0.2) is 61.4 Å². The number of rotatable bonds is 9. The van der Waals surface area contributed by atoms with Gasteiger partial charge in [0.1, 0.15) is 11.8 Å². The van der Waals surface area contributed by atoms with E-state index < -0.39 is 0 Å². The maximum absolute atomic E-state index is 12.6. The van der Waals surface area contributed by atoms with E-state index in [1.165, 1.54) is 18.9 Å². The second-order valence-electron chi connectivity index (χ2n) is 12.8. The first-order valence-electron chi connectivity index (χ1n) is 15.8. The van der Waals surface area contributed by atoms with Gasteiger partial charge in [0, 0.05) is 67.0 Å². The number of nitrogens with one attached hydrogen (secondary N) is 2. The van der Waals surface area contributed by atoms with Gasteiger partial charge in [0.15, 0.2) is 0 Å². The zero-order valence-corrected chi connectivity index (χ0v) is 25.4. The zero-order valence-electron chi connectivity index (χ0n) is 25.4. The highest BCUT2D eigenvalue weighted by atomic mass is 16.5. The van der Waals surface area contributed by atoms with Gasteiger partial charge in [-0.2, -0.15) is 5.26 Å². The third-order valence-corrected chi connectivity index (χ3v) is 9.77. The van der Waals surface area contributed by atoms with Gasteiger partial charge in [-0.15, -0.1) is 0 Å². The van der Waals surface area contributed by atoms with Crippen molar-refractivity contribution in [3.8, 4) is 23.1 Å². The molecule has 1 amide bonds. The summed E-state index contributed by atoms with van der Waals surface area (Å²) in [4.78, 5) is 27.0. The molecule has 2 aromatic heterocycles. The number of benzene rings is 2. The van der Waals surface area contributed by atoms with Gasteiger partial charge in [0.05, 0.1) is 41.6 Å². The van der Waals surface area contributed by atoms with E-state index in [1.54, 1.807) is 13.3 Å². The van der Waals surface area contributed by atoms with Crippen LogP contribution in [0.4, 0.5) is 23.0 Å². The molecule has 0 unspecified atom stereocenters. The molecule has 8 rings (SSSR count). The Labute approximate surface area is 262 Å². The molecule has 10 heteroatoms. The van der Waals surface area contributed by atoms with Crippen molar-refractivity contribution in [3.63, 3.8) is 0 Å². The molecular formula is C35H36N8O2. The molecule has 2 aliphatic heterocycles. The summed E-state index contributed by atoms with van der Waals surface area (Å²) in [5, 5.41) is 17.4. The molecule has 2 aliphatic carbocycles. The molecule has 228 valence electrons. The van der Waals surface area contributed by atoms with E-state index >= 15 is 0 Å². The summed E-state index contributed by atoms with van der Waals surface area (Å²) in [7, 11) is 1.64. The van der Waals surface area contributed by atoms with Crippen LogP contribution < -0.4 is 20.3 Å². The highest BCUT2D eigenvalue weighted by molar-refractivity contribution is 6.02. The molecule has 2 N–H and O–H groups in total. The Morgan fingerprint density at radius 1 is 1.07 bits per heavy atom. The quantitative estimate of drug-likeness (QED) is 0.235. The van der Waals surface area contributed by atoms with Crippen LogP contribution in [0, 0.1) is 23.2 Å². The summed E-state index contributed by atoms with van der Waals surface area (Å²) in [5.41, 5.74) is 5.22. The van der Waals surface area contributed by atoms with Crippen molar-refractivity contribution in [2.24, 2.45) is 11.8 Å². The lowest BCUT2D eigenvalue weighted by molar-refractivity contribution is -0.111. The average Bonchev–Trinajstić information content (AvgIpc) is 3.98. The van der Waals surface area contributed by atoms with E-state index in [0.717, 1.165) is 67.2 Å². The number of ether oxygens (including phenoxy) is 1. The molecule has 4 heterocycles. The molecule has 10 nitrogen and oxygen atoms in total. The number of nitriles is 1. The van der Waals surface area contributed by atoms with E-state index in [1.807, 2.05) is 24.3 Å². The van der Waals surface area contributed by atoms with E-state index in [-0.39, 0.29) is 5.91 Å². The second kappa shape index (κ2) is 10.9. The molecular weight excluding hydrogens is 564 g/mol. The number of para-hydroxylation sites is 1. The largest absolute Gasteiger partial charge is 0.494 e. The standard InChI is InChI=1S/C35H36N8O2/c1-3-33(44)38-28-12-29(32(45-2)13-31(28)42-18-22-16-41(24-8-9-24)17-23(22)19-42)39-35-37-15-21(14-36)34(40-35)27-20-43(25-10-11-25)30-7-5-4-6-26(27)30/h3-7,12-13,15,20,22-25H,1,8-11,16-19H2,2H3,(H,38,44)(H,37,39,40)/t22-,23+. The van der Waals surface area contributed by atoms with E-state index in [9.17, 15) is 10.1 Å². The Kier molecular flexibility index (Phi) is 6.72. The number of nitrogens with zero attached hydrogens (tertiary/aromatic N) is 6. The van der Waals surface area contributed by atoms with Gasteiger partial charge in [-0.1, -0.05) is 24.8 Å². The third kappa shape index (κ3) is 5.07.